The molecular weight excluding hydrogens is 282 g/mol. The van der Waals surface area contributed by atoms with Crippen molar-refractivity contribution in [2.24, 2.45) is 0 Å². The molecule has 0 saturated carbocycles. The lowest BCUT2D eigenvalue weighted by Crippen LogP contribution is -2.11. The molecule has 0 aromatic heterocycles. The van der Waals surface area contributed by atoms with Crippen molar-refractivity contribution in [1.29, 1.82) is 0 Å². The fraction of sp³-hybridized carbons (Fsp3) is 0.333. The maximum atomic E-state index is 5.47. The predicted molar refractivity (Wildman–Crippen MR) is 96.4 cm³/mol. The summed E-state index contributed by atoms with van der Waals surface area (Å²) >= 11 is 0. The minimum Gasteiger partial charge on any atom is -0.497 e. The third-order valence-electron chi connectivity index (χ3n) is 4.54. The normalized spacial score (nSPS) is 17.0. The van der Waals surface area contributed by atoms with Gasteiger partial charge in [0.25, 0.3) is 0 Å². The summed E-state index contributed by atoms with van der Waals surface area (Å²) in [6.07, 6.45) is 6.82. The van der Waals surface area contributed by atoms with Crippen molar-refractivity contribution < 1.29 is 4.74 Å². The molecule has 23 heavy (non-hydrogen) atoms. The highest BCUT2D eigenvalue weighted by Crippen LogP contribution is 2.36. The van der Waals surface area contributed by atoms with E-state index < -0.39 is 0 Å². The van der Waals surface area contributed by atoms with Gasteiger partial charge in [0.1, 0.15) is 5.75 Å². The van der Waals surface area contributed by atoms with Crippen molar-refractivity contribution in [3.63, 3.8) is 0 Å². The van der Waals surface area contributed by atoms with E-state index in [-0.39, 0.29) is 0 Å². The first-order valence-electron chi connectivity index (χ1n) is 8.25. The Morgan fingerprint density at radius 3 is 2.52 bits per heavy atom. The molecule has 0 saturated heterocycles. The molecule has 0 amide bonds. The summed E-state index contributed by atoms with van der Waals surface area (Å²) in [6.45, 7) is 0.956. The summed E-state index contributed by atoms with van der Waals surface area (Å²) in [7, 11) is 5.94. The Bertz CT molecular complexity index is 703. The number of rotatable bonds is 4. The van der Waals surface area contributed by atoms with Crippen LogP contribution in [0.1, 0.15) is 28.2 Å². The Morgan fingerprint density at radius 1 is 1.04 bits per heavy atom. The van der Waals surface area contributed by atoms with Crippen molar-refractivity contribution in [3.05, 3.63) is 76.9 Å². The molecule has 0 radical (unpaired) electrons. The molecule has 2 aromatic rings. The van der Waals surface area contributed by atoms with Crippen LogP contribution in [-0.4, -0.2) is 32.6 Å². The van der Waals surface area contributed by atoms with Crippen molar-refractivity contribution in [1.82, 2.24) is 4.90 Å². The lowest BCUT2D eigenvalue weighted by atomic mass is 9.87. The number of benzene rings is 2. The van der Waals surface area contributed by atoms with E-state index in [0.717, 1.165) is 25.1 Å². The standard InChI is InChI=1S/C21H25NO/c1-22(2)14-6-9-20-19-8-5-4-7-16(19)10-11-17-12-13-18(23-3)15-21(17)20/h4-9,12-13,15,20H,10-11,14H2,1-3H3/b9-6-. The van der Waals surface area contributed by atoms with Crippen LogP contribution in [0.4, 0.5) is 0 Å². The number of allylic oxidation sites excluding steroid dienone is 1. The Balaban J connectivity index is 2.08. The second-order valence-corrected chi connectivity index (χ2v) is 6.43. The quantitative estimate of drug-likeness (QED) is 0.790. The van der Waals surface area contributed by atoms with E-state index >= 15 is 0 Å². The van der Waals surface area contributed by atoms with Crippen LogP contribution in [0, 0.1) is 0 Å². The number of ether oxygens (including phenoxy) is 1. The van der Waals surface area contributed by atoms with Crippen LogP contribution in [0.2, 0.25) is 0 Å². The highest BCUT2D eigenvalue weighted by molar-refractivity contribution is 5.50. The van der Waals surface area contributed by atoms with Gasteiger partial charge in [-0.1, -0.05) is 42.5 Å². The number of likely N-dealkylation sites (N-methyl/N-ethyl adjacent to an activating group) is 1. The molecule has 0 spiro atoms. The minimum atomic E-state index is 0.304. The van der Waals surface area contributed by atoms with Gasteiger partial charge in [-0.05, 0) is 61.3 Å². The third kappa shape index (κ3) is 3.48. The van der Waals surface area contributed by atoms with E-state index in [4.69, 9.17) is 4.74 Å². The summed E-state index contributed by atoms with van der Waals surface area (Å²) in [5.41, 5.74) is 5.70. The number of aryl methyl sites for hydroxylation is 2. The Labute approximate surface area is 139 Å². The van der Waals surface area contributed by atoms with Crippen molar-refractivity contribution >= 4 is 0 Å². The first kappa shape index (κ1) is 15.8. The minimum absolute atomic E-state index is 0.304. The topological polar surface area (TPSA) is 12.5 Å². The van der Waals surface area contributed by atoms with Gasteiger partial charge in [0, 0.05) is 12.5 Å². The van der Waals surface area contributed by atoms with Crippen LogP contribution < -0.4 is 4.74 Å². The van der Waals surface area contributed by atoms with Crippen LogP contribution in [-0.2, 0) is 12.8 Å². The van der Waals surface area contributed by atoms with Gasteiger partial charge >= 0.3 is 0 Å². The van der Waals surface area contributed by atoms with Crippen LogP contribution in [0.25, 0.3) is 0 Å². The predicted octanol–water partition coefficient (Wildman–Crippen LogP) is 4.04. The molecule has 2 aromatic carbocycles. The average Bonchev–Trinajstić information content (AvgIpc) is 2.71. The van der Waals surface area contributed by atoms with Crippen LogP contribution in [0.15, 0.2) is 54.6 Å². The molecule has 2 nitrogen and oxygen atoms in total. The van der Waals surface area contributed by atoms with Crippen LogP contribution >= 0.6 is 0 Å². The van der Waals surface area contributed by atoms with Crippen LogP contribution in [0.5, 0.6) is 5.75 Å². The van der Waals surface area contributed by atoms with E-state index in [2.05, 4.69) is 73.6 Å². The molecule has 1 aliphatic carbocycles. The molecule has 0 heterocycles. The molecular formula is C21H25NO. The first-order valence-corrected chi connectivity index (χ1v) is 8.25. The molecule has 1 aliphatic rings. The fourth-order valence-corrected chi connectivity index (χ4v) is 3.33. The zero-order valence-corrected chi connectivity index (χ0v) is 14.3. The van der Waals surface area contributed by atoms with E-state index in [9.17, 15) is 0 Å². The Hall–Kier alpha value is -2.06. The summed E-state index contributed by atoms with van der Waals surface area (Å²) < 4.78 is 5.47. The number of fused-ring (bicyclic) bond motifs is 2. The van der Waals surface area contributed by atoms with E-state index in [1.54, 1.807) is 7.11 Å². The van der Waals surface area contributed by atoms with Gasteiger partial charge in [-0.25, -0.2) is 0 Å². The second-order valence-electron chi connectivity index (χ2n) is 6.43. The SMILES string of the molecule is COc1ccc2c(c1)C(/C=C\CN(C)C)c1ccccc1CC2. The van der Waals surface area contributed by atoms with Gasteiger partial charge in [0.05, 0.1) is 7.11 Å². The number of hydrogen-bond acceptors (Lipinski definition) is 2. The Morgan fingerprint density at radius 2 is 1.78 bits per heavy atom. The largest absolute Gasteiger partial charge is 0.497 e. The lowest BCUT2D eigenvalue weighted by Gasteiger charge is -2.18. The van der Waals surface area contributed by atoms with E-state index in [1.807, 2.05) is 0 Å². The lowest BCUT2D eigenvalue weighted by molar-refractivity contribution is 0.414. The van der Waals surface area contributed by atoms with Gasteiger partial charge in [0.15, 0.2) is 0 Å². The highest BCUT2D eigenvalue weighted by atomic mass is 16.5. The summed E-state index contributed by atoms with van der Waals surface area (Å²) in [5, 5.41) is 0. The van der Waals surface area contributed by atoms with Crippen molar-refractivity contribution in [2.45, 2.75) is 18.8 Å². The number of nitrogens with zero attached hydrogens (tertiary/aromatic N) is 1. The maximum Gasteiger partial charge on any atom is 0.119 e. The summed E-state index contributed by atoms with van der Waals surface area (Å²) in [5.74, 6) is 1.24. The second kappa shape index (κ2) is 7.01. The van der Waals surface area contributed by atoms with Gasteiger partial charge in [-0.2, -0.15) is 0 Å². The van der Waals surface area contributed by atoms with E-state index in [0.29, 0.717) is 5.92 Å². The average molecular weight is 307 g/mol. The van der Waals surface area contributed by atoms with Gasteiger partial charge < -0.3 is 9.64 Å². The molecule has 0 aliphatic heterocycles. The molecule has 0 bridgehead atoms. The molecule has 1 unspecified atom stereocenters. The van der Waals surface area contributed by atoms with Crippen molar-refractivity contribution in [2.75, 3.05) is 27.7 Å². The monoisotopic (exact) mass is 307 g/mol. The third-order valence-corrected chi connectivity index (χ3v) is 4.54. The summed E-state index contributed by atoms with van der Waals surface area (Å²) in [4.78, 5) is 2.19. The van der Waals surface area contributed by atoms with Gasteiger partial charge in [0.2, 0.25) is 0 Å². The molecule has 3 rings (SSSR count). The van der Waals surface area contributed by atoms with Crippen molar-refractivity contribution in [3.8, 4) is 5.75 Å². The Kier molecular flexibility index (Phi) is 4.82. The zero-order valence-electron chi connectivity index (χ0n) is 14.3. The first-order chi connectivity index (χ1) is 11.2. The maximum absolute atomic E-state index is 5.47. The van der Waals surface area contributed by atoms with Gasteiger partial charge in [-0.3, -0.25) is 0 Å². The fourth-order valence-electron chi connectivity index (χ4n) is 3.33. The molecule has 2 heteroatoms. The zero-order chi connectivity index (χ0) is 16.2. The molecule has 1 atom stereocenters. The smallest absolute Gasteiger partial charge is 0.119 e. The molecule has 0 N–H and O–H groups in total. The van der Waals surface area contributed by atoms with Crippen LogP contribution in [0.3, 0.4) is 0 Å². The molecule has 0 fully saturated rings. The molecule has 120 valence electrons. The van der Waals surface area contributed by atoms with E-state index in [1.165, 1.54) is 22.3 Å². The highest BCUT2D eigenvalue weighted by Gasteiger charge is 2.21. The number of hydrogen-bond donors (Lipinski definition) is 0. The van der Waals surface area contributed by atoms with Gasteiger partial charge in [-0.15, -0.1) is 0 Å². The number of methoxy groups -OCH3 is 1. The summed E-state index contributed by atoms with van der Waals surface area (Å²) in [6, 6.07) is 15.4.